The van der Waals surface area contributed by atoms with Gasteiger partial charge in [0, 0.05) is 7.05 Å². The Bertz CT molecular complexity index is 894. The largest absolute Gasteiger partial charge is 0.344 e. The van der Waals surface area contributed by atoms with Crippen LogP contribution in [0.25, 0.3) is 5.69 Å². The summed E-state index contributed by atoms with van der Waals surface area (Å²) in [6.45, 7) is 1.92. The molecule has 0 bridgehead atoms. The molecule has 26 heavy (non-hydrogen) atoms. The number of terminal acetylenes is 1. The molecule has 0 saturated carbocycles. The maximum Gasteiger partial charge on any atom is 0.295 e. The molecule has 2 N–H and O–H groups in total. The third-order valence-electron chi connectivity index (χ3n) is 3.67. The van der Waals surface area contributed by atoms with Gasteiger partial charge in [-0.1, -0.05) is 24.1 Å². The van der Waals surface area contributed by atoms with Crippen molar-refractivity contribution in [3.63, 3.8) is 0 Å². The van der Waals surface area contributed by atoms with E-state index in [9.17, 15) is 14.4 Å². The quantitative estimate of drug-likeness (QED) is 0.708. The van der Waals surface area contributed by atoms with Gasteiger partial charge in [0.1, 0.15) is 5.69 Å². The first-order chi connectivity index (χ1) is 12.5. The van der Waals surface area contributed by atoms with Crippen LogP contribution in [-0.4, -0.2) is 39.2 Å². The lowest BCUT2D eigenvalue weighted by molar-refractivity contribution is -0.118. The lowest BCUT2D eigenvalue weighted by Gasteiger charge is -2.07. The summed E-state index contributed by atoms with van der Waals surface area (Å²) < 4.78 is 3.18. The number of para-hydroxylation sites is 1. The summed E-state index contributed by atoms with van der Waals surface area (Å²) in [5, 5.41) is 5.17. The predicted octanol–water partition coefficient (Wildman–Crippen LogP) is 0.906. The Morgan fingerprint density at radius 2 is 1.85 bits per heavy atom. The number of hydrogen-bond acceptors (Lipinski definition) is 4. The molecule has 0 aliphatic carbocycles. The molecule has 0 fully saturated rings. The third-order valence-corrected chi connectivity index (χ3v) is 4.61. The molecule has 0 unspecified atom stereocenters. The first kappa shape index (κ1) is 19.4. The Balaban J connectivity index is 2.04. The van der Waals surface area contributed by atoms with Gasteiger partial charge in [0.05, 0.1) is 29.4 Å². The molecule has 1 heterocycles. The smallest absolute Gasteiger partial charge is 0.295 e. The normalized spacial score (nSPS) is 10.2. The summed E-state index contributed by atoms with van der Waals surface area (Å²) in [6, 6.07) is 9.17. The molecule has 0 spiro atoms. The second-order valence-electron chi connectivity index (χ2n) is 5.46. The maximum absolute atomic E-state index is 12.7. The third kappa shape index (κ3) is 4.58. The van der Waals surface area contributed by atoms with Crippen LogP contribution in [0.15, 0.2) is 35.1 Å². The molecule has 2 rings (SSSR count). The Morgan fingerprint density at radius 3 is 2.50 bits per heavy atom. The molecule has 0 aliphatic heterocycles. The molecule has 0 saturated heterocycles. The second-order valence-corrected chi connectivity index (χ2v) is 6.44. The molecule has 2 amide bonds. The van der Waals surface area contributed by atoms with Gasteiger partial charge in [-0.25, -0.2) is 4.68 Å². The van der Waals surface area contributed by atoms with E-state index in [2.05, 4.69) is 16.6 Å². The average Bonchev–Trinajstić information content (AvgIpc) is 2.84. The first-order valence-electron chi connectivity index (χ1n) is 7.87. The number of nitrogens with zero attached hydrogens (tertiary/aromatic N) is 2. The van der Waals surface area contributed by atoms with Gasteiger partial charge < -0.3 is 10.6 Å². The van der Waals surface area contributed by atoms with Crippen molar-refractivity contribution in [3.8, 4) is 18.0 Å². The summed E-state index contributed by atoms with van der Waals surface area (Å²) >= 11 is 1.15. The van der Waals surface area contributed by atoms with E-state index in [1.54, 1.807) is 18.7 Å². The lowest BCUT2D eigenvalue weighted by atomic mass is 10.3. The molecule has 8 heteroatoms. The zero-order valence-electron chi connectivity index (χ0n) is 14.6. The van der Waals surface area contributed by atoms with E-state index in [-0.39, 0.29) is 41.1 Å². The fourth-order valence-corrected chi connectivity index (χ4v) is 2.97. The lowest BCUT2D eigenvalue weighted by Crippen LogP contribution is -2.27. The summed E-state index contributed by atoms with van der Waals surface area (Å²) in [5.74, 6) is 1.91. The Hall–Kier alpha value is -2.92. The highest BCUT2D eigenvalue weighted by Crippen LogP contribution is 2.14. The summed E-state index contributed by atoms with van der Waals surface area (Å²) in [7, 11) is 1.75. The SMILES string of the molecule is C#CCNC(=O)CSCC(=O)Nc1c(C)n(C)n(-c2ccccc2)c1=O. The molecule has 136 valence electrons. The minimum Gasteiger partial charge on any atom is -0.344 e. The number of amides is 2. The highest BCUT2D eigenvalue weighted by molar-refractivity contribution is 8.00. The van der Waals surface area contributed by atoms with Gasteiger partial charge in [-0.05, 0) is 19.1 Å². The van der Waals surface area contributed by atoms with E-state index in [0.717, 1.165) is 11.8 Å². The minimum atomic E-state index is -0.342. The van der Waals surface area contributed by atoms with Gasteiger partial charge in [-0.2, -0.15) is 0 Å². The van der Waals surface area contributed by atoms with Crippen LogP contribution in [0.4, 0.5) is 5.69 Å². The number of anilines is 1. The summed E-state index contributed by atoms with van der Waals surface area (Å²) in [4.78, 5) is 36.2. The van der Waals surface area contributed by atoms with Gasteiger partial charge in [0.15, 0.2) is 0 Å². The summed E-state index contributed by atoms with van der Waals surface area (Å²) in [5.41, 5.74) is 1.28. The second kappa shape index (κ2) is 8.97. The number of thioether (sulfide) groups is 1. The van der Waals surface area contributed by atoms with Crippen molar-refractivity contribution in [1.29, 1.82) is 0 Å². The first-order valence-corrected chi connectivity index (χ1v) is 9.03. The Labute approximate surface area is 155 Å². The minimum absolute atomic E-state index is 0.0581. The molecular formula is C18H20N4O3S. The highest BCUT2D eigenvalue weighted by Gasteiger charge is 2.18. The van der Waals surface area contributed by atoms with Gasteiger partial charge >= 0.3 is 0 Å². The number of rotatable bonds is 7. The number of hydrogen-bond donors (Lipinski definition) is 2. The molecule has 1 aromatic heterocycles. The van der Waals surface area contributed by atoms with Crippen LogP contribution >= 0.6 is 11.8 Å². The van der Waals surface area contributed by atoms with Gasteiger partial charge in [0.25, 0.3) is 5.56 Å². The maximum atomic E-state index is 12.7. The molecule has 0 radical (unpaired) electrons. The summed E-state index contributed by atoms with van der Waals surface area (Å²) in [6.07, 6.45) is 5.05. The number of nitrogens with one attached hydrogen (secondary N) is 2. The van der Waals surface area contributed by atoms with Gasteiger partial charge in [-0.15, -0.1) is 18.2 Å². The van der Waals surface area contributed by atoms with Crippen molar-refractivity contribution >= 4 is 29.3 Å². The molecule has 1 aromatic carbocycles. The number of carbonyl (C=O) groups is 2. The molecule has 2 aromatic rings. The Morgan fingerprint density at radius 1 is 1.19 bits per heavy atom. The van der Waals surface area contributed by atoms with E-state index >= 15 is 0 Å². The van der Waals surface area contributed by atoms with Crippen LogP contribution in [0, 0.1) is 19.3 Å². The van der Waals surface area contributed by atoms with Crippen LogP contribution in [0.2, 0.25) is 0 Å². The van der Waals surface area contributed by atoms with E-state index in [1.165, 1.54) is 4.68 Å². The fraction of sp³-hybridized carbons (Fsp3) is 0.278. The number of aromatic nitrogens is 2. The van der Waals surface area contributed by atoms with Crippen LogP contribution in [0.5, 0.6) is 0 Å². The average molecular weight is 372 g/mol. The van der Waals surface area contributed by atoms with Crippen molar-refractivity contribution < 1.29 is 9.59 Å². The predicted molar refractivity (Wildman–Crippen MR) is 104 cm³/mol. The Kier molecular flexibility index (Phi) is 6.69. The van der Waals surface area contributed by atoms with Crippen LogP contribution in [0.1, 0.15) is 5.69 Å². The van der Waals surface area contributed by atoms with Crippen molar-refractivity contribution in [2.24, 2.45) is 7.05 Å². The zero-order chi connectivity index (χ0) is 19.1. The topological polar surface area (TPSA) is 85.1 Å². The molecule has 0 aliphatic rings. The molecule has 0 atom stereocenters. The van der Waals surface area contributed by atoms with E-state index in [1.807, 2.05) is 30.3 Å². The van der Waals surface area contributed by atoms with E-state index < -0.39 is 0 Å². The zero-order valence-corrected chi connectivity index (χ0v) is 15.4. The van der Waals surface area contributed by atoms with Crippen molar-refractivity contribution in [1.82, 2.24) is 14.7 Å². The van der Waals surface area contributed by atoms with Crippen molar-refractivity contribution in [2.75, 3.05) is 23.4 Å². The molecular weight excluding hydrogens is 352 g/mol. The monoisotopic (exact) mass is 372 g/mol. The fourth-order valence-electron chi connectivity index (χ4n) is 2.32. The van der Waals surface area contributed by atoms with Gasteiger partial charge in [-0.3, -0.25) is 19.1 Å². The van der Waals surface area contributed by atoms with Crippen molar-refractivity contribution in [2.45, 2.75) is 6.92 Å². The van der Waals surface area contributed by atoms with E-state index in [4.69, 9.17) is 6.42 Å². The van der Waals surface area contributed by atoms with Crippen LogP contribution in [0.3, 0.4) is 0 Å². The highest BCUT2D eigenvalue weighted by atomic mass is 32.2. The van der Waals surface area contributed by atoms with Gasteiger partial charge in [0.2, 0.25) is 11.8 Å². The van der Waals surface area contributed by atoms with Crippen LogP contribution < -0.4 is 16.2 Å². The molecule has 7 nitrogen and oxygen atoms in total. The van der Waals surface area contributed by atoms with Crippen LogP contribution in [-0.2, 0) is 16.6 Å². The van der Waals surface area contributed by atoms with Crippen molar-refractivity contribution in [3.05, 3.63) is 46.4 Å². The standard InChI is InChI=1S/C18H20N4O3S/c1-4-10-19-15(23)11-26-12-16(24)20-17-13(2)21(3)22(18(17)25)14-8-6-5-7-9-14/h1,5-9H,10-12H2,2-3H3,(H,19,23)(H,20,24). The number of carbonyl (C=O) groups excluding carboxylic acids is 2. The number of benzene rings is 1. The van der Waals surface area contributed by atoms with E-state index in [0.29, 0.717) is 11.4 Å².